The number of unbranched alkanes of at least 4 members (excludes halogenated alkanes) is 1. The van der Waals surface area contributed by atoms with E-state index in [0.717, 1.165) is 24.5 Å². The maximum absolute atomic E-state index is 5.54. The van der Waals surface area contributed by atoms with Gasteiger partial charge in [0.2, 0.25) is 0 Å². The van der Waals surface area contributed by atoms with Crippen molar-refractivity contribution in [2.75, 3.05) is 0 Å². The van der Waals surface area contributed by atoms with Crippen LogP contribution >= 0.6 is 0 Å². The van der Waals surface area contributed by atoms with Gasteiger partial charge in [-0.15, -0.1) is 0 Å². The Labute approximate surface area is 74.0 Å². The Hall–Kier alpha value is -0.790. The fourth-order valence-corrected chi connectivity index (χ4v) is 1.03. The monoisotopic (exact) mass is 167 g/mol. The Morgan fingerprint density at radius 2 is 2.25 bits per heavy atom. The Balaban J connectivity index is 2.52. The van der Waals surface area contributed by atoms with E-state index >= 15 is 0 Å². The van der Waals surface area contributed by atoms with Crippen molar-refractivity contribution in [3.8, 4) is 0 Å². The number of nitrogens with zero attached hydrogens (tertiary/aromatic N) is 1. The zero-order valence-electron chi connectivity index (χ0n) is 8.13. The molecule has 12 heavy (non-hydrogen) atoms. The van der Waals surface area contributed by atoms with Gasteiger partial charge in [0.25, 0.3) is 0 Å². The van der Waals surface area contributed by atoms with Crippen molar-refractivity contribution < 1.29 is 4.42 Å². The van der Waals surface area contributed by atoms with Crippen molar-refractivity contribution in [1.82, 2.24) is 4.98 Å². The smallest absolute Gasteiger partial charge is 0.194 e. The maximum Gasteiger partial charge on any atom is 0.194 e. The lowest BCUT2D eigenvalue weighted by Gasteiger charge is -1.96. The quantitative estimate of drug-likeness (QED) is 0.688. The zero-order valence-corrected chi connectivity index (χ0v) is 8.13. The highest BCUT2D eigenvalue weighted by Gasteiger charge is 2.05. The number of rotatable bonds is 4. The Bertz CT molecular complexity index is 227. The molecule has 1 aromatic rings. The van der Waals surface area contributed by atoms with Gasteiger partial charge in [-0.3, -0.25) is 0 Å². The molecule has 1 rings (SSSR count). The number of aromatic nitrogens is 1. The highest BCUT2D eigenvalue weighted by molar-refractivity contribution is 4.98. The molecule has 1 aromatic heterocycles. The van der Waals surface area contributed by atoms with Gasteiger partial charge in [0.15, 0.2) is 5.89 Å². The van der Waals surface area contributed by atoms with E-state index in [0.29, 0.717) is 5.92 Å². The van der Waals surface area contributed by atoms with Gasteiger partial charge < -0.3 is 4.42 Å². The van der Waals surface area contributed by atoms with Crippen LogP contribution < -0.4 is 0 Å². The molecule has 0 aromatic carbocycles. The molecule has 0 amide bonds. The van der Waals surface area contributed by atoms with Gasteiger partial charge in [-0.25, -0.2) is 4.98 Å². The first-order chi connectivity index (χ1) is 5.74. The number of hydrogen-bond acceptors (Lipinski definition) is 2. The van der Waals surface area contributed by atoms with Crippen molar-refractivity contribution in [1.29, 1.82) is 0 Å². The van der Waals surface area contributed by atoms with Crippen LogP contribution in [0.3, 0.4) is 0 Å². The second kappa shape index (κ2) is 4.29. The molecule has 2 nitrogen and oxygen atoms in total. The van der Waals surface area contributed by atoms with Gasteiger partial charge in [0.05, 0.1) is 6.20 Å². The summed E-state index contributed by atoms with van der Waals surface area (Å²) >= 11 is 0. The molecule has 0 radical (unpaired) electrons. The Kier molecular flexibility index (Phi) is 3.32. The summed E-state index contributed by atoms with van der Waals surface area (Å²) in [5, 5.41) is 0. The van der Waals surface area contributed by atoms with Crippen LogP contribution in [0.2, 0.25) is 0 Å². The fourth-order valence-electron chi connectivity index (χ4n) is 1.03. The first kappa shape index (κ1) is 9.30. The Morgan fingerprint density at radius 3 is 2.75 bits per heavy atom. The lowest BCUT2D eigenvalue weighted by atomic mass is 10.2. The lowest BCUT2D eigenvalue weighted by molar-refractivity contribution is 0.433. The molecule has 2 heteroatoms. The average Bonchev–Trinajstić information content (AvgIpc) is 2.48. The largest absolute Gasteiger partial charge is 0.445 e. The highest BCUT2D eigenvalue weighted by atomic mass is 16.4. The minimum Gasteiger partial charge on any atom is -0.445 e. The topological polar surface area (TPSA) is 26.0 Å². The third-order valence-corrected chi connectivity index (χ3v) is 1.88. The van der Waals surface area contributed by atoms with E-state index < -0.39 is 0 Å². The SMILES string of the molecule is CCCCc1ncc(C(C)C)o1. The molecule has 0 aliphatic heterocycles. The maximum atomic E-state index is 5.54. The summed E-state index contributed by atoms with van der Waals surface area (Å²) in [5.74, 6) is 2.34. The molecule has 1 heterocycles. The summed E-state index contributed by atoms with van der Waals surface area (Å²) in [5.41, 5.74) is 0. The molecule has 0 fully saturated rings. The normalized spacial score (nSPS) is 11.0. The van der Waals surface area contributed by atoms with E-state index in [2.05, 4.69) is 25.8 Å². The van der Waals surface area contributed by atoms with Crippen LogP contribution in [0.15, 0.2) is 10.6 Å². The molecular weight excluding hydrogens is 150 g/mol. The fraction of sp³-hybridized carbons (Fsp3) is 0.700. The van der Waals surface area contributed by atoms with Gasteiger partial charge in [0, 0.05) is 12.3 Å². The van der Waals surface area contributed by atoms with Crippen LogP contribution in [0, 0.1) is 0 Å². The zero-order chi connectivity index (χ0) is 8.97. The minimum absolute atomic E-state index is 0.452. The third kappa shape index (κ3) is 2.36. The number of hydrogen-bond donors (Lipinski definition) is 0. The van der Waals surface area contributed by atoms with Crippen LogP contribution in [-0.4, -0.2) is 4.98 Å². The van der Waals surface area contributed by atoms with Crippen LogP contribution in [0.25, 0.3) is 0 Å². The molecule has 0 saturated heterocycles. The minimum atomic E-state index is 0.452. The van der Waals surface area contributed by atoms with Crippen LogP contribution in [0.5, 0.6) is 0 Å². The molecule has 0 atom stereocenters. The summed E-state index contributed by atoms with van der Waals surface area (Å²) in [6.45, 7) is 6.40. The first-order valence-corrected chi connectivity index (χ1v) is 4.68. The molecule has 0 bridgehead atoms. The van der Waals surface area contributed by atoms with Crippen LogP contribution in [-0.2, 0) is 6.42 Å². The van der Waals surface area contributed by atoms with Crippen LogP contribution in [0.1, 0.15) is 51.2 Å². The van der Waals surface area contributed by atoms with E-state index in [1.54, 1.807) is 0 Å². The van der Waals surface area contributed by atoms with Gasteiger partial charge in [0.1, 0.15) is 5.76 Å². The van der Waals surface area contributed by atoms with Crippen molar-refractivity contribution >= 4 is 0 Å². The summed E-state index contributed by atoms with van der Waals surface area (Å²) in [6, 6.07) is 0. The molecule has 68 valence electrons. The van der Waals surface area contributed by atoms with Crippen molar-refractivity contribution in [2.24, 2.45) is 0 Å². The lowest BCUT2D eigenvalue weighted by Crippen LogP contribution is -1.83. The van der Waals surface area contributed by atoms with Crippen molar-refractivity contribution in [3.63, 3.8) is 0 Å². The summed E-state index contributed by atoms with van der Waals surface area (Å²) in [4.78, 5) is 4.21. The van der Waals surface area contributed by atoms with E-state index in [9.17, 15) is 0 Å². The summed E-state index contributed by atoms with van der Waals surface area (Å²) < 4.78 is 5.54. The molecule has 0 aliphatic carbocycles. The number of oxazole rings is 1. The molecular formula is C10H17NO. The first-order valence-electron chi connectivity index (χ1n) is 4.68. The van der Waals surface area contributed by atoms with Crippen molar-refractivity contribution in [2.45, 2.75) is 46.0 Å². The van der Waals surface area contributed by atoms with E-state index in [1.807, 2.05) is 6.20 Å². The molecule has 0 N–H and O–H groups in total. The second-order valence-electron chi connectivity index (χ2n) is 3.41. The van der Waals surface area contributed by atoms with E-state index in [-0.39, 0.29) is 0 Å². The second-order valence-corrected chi connectivity index (χ2v) is 3.41. The van der Waals surface area contributed by atoms with E-state index in [1.165, 1.54) is 6.42 Å². The number of aryl methyl sites for hydroxylation is 1. The Morgan fingerprint density at radius 1 is 1.50 bits per heavy atom. The molecule has 0 spiro atoms. The van der Waals surface area contributed by atoms with Gasteiger partial charge in [-0.1, -0.05) is 27.2 Å². The molecule has 0 saturated carbocycles. The molecule has 0 aliphatic rings. The average molecular weight is 167 g/mol. The predicted octanol–water partition coefficient (Wildman–Crippen LogP) is 3.14. The third-order valence-electron chi connectivity index (χ3n) is 1.88. The molecule has 0 unspecified atom stereocenters. The van der Waals surface area contributed by atoms with E-state index in [4.69, 9.17) is 4.42 Å². The standard InChI is InChI=1S/C10H17NO/c1-4-5-6-10-11-7-9(12-10)8(2)3/h7-8H,4-6H2,1-3H3. The van der Waals surface area contributed by atoms with Crippen molar-refractivity contribution in [3.05, 3.63) is 17.8 Å². The van der Waals surface area contributed by atoms with Gasteiger partial charge in [-0.2, -0.15) is 0 Å². The van der Waals surface area contributed by atoms with Gasteiger partial charge in [-0.05, 0) is 6.42 Å². The highest BCUT2D eigenvalue weighted by Crippen LogP contribution is 2.15. The predicted molar refractivity (Wildman–Crippen MR) is 49.2 cm³/mol. The van der Waals surface area contributed by atoms with Gasteiger partial charge >= 0.3 is 0 Å². The summed E-state index contributed by atoms with van der Waals surface area (Å²) in [6.07, 6.45) is 5.18. The summed E-state index contributed by atoms with van der Waals surface area (Å²) in [7, 11) is 0. The van der Waals surface area contributed by atoms with Crippen LogP contribution in [0.4, 0.5) is 0 Å².